The second kappa shape index (κ2) is 17.9. The second-order valence-corrected chi connectivity index (χ2v) is 13.8. The molecule has 11 nitrogen and oxygen atoms in total. The van der Waals surface area contributed by atoms with Gasteiger partial charge in [0.1, 0.15) is 33.6 Å². The summed E-state index contributed by atoms with van der Waals surface area (Å²) in [6.07, 6.45) is 27.5. The number of H-pyrrole nitrogens is 2. The van der Waals surface area contributed by atoms with Crippen molar-refractivity contribution in [1.29, 1.82) is 0 Å². The third kappa shape index (κ3) is 8.39. The Balaban J connectivity index is 0.00000183. The number of thiocarbonyl (C=S) groups is 1. The summed E-state index contributed by atoms with van der Waals surface area (Å²) in [6, 6.07) is 16.6. The van der Waals surface area contributed by atoms with Gasteiger partial charge in [0.05, 0.1) is 54.8 Å². The van der Waals surface area contributed by atoms with Gasteiger partial charge in [-0.15, -0.1) is 0 Å². The van der Waals surface area contributed by atoms with Crippen molar-refractivity contribution in [3.05, 3.63) is 109 Å². The number of hydrogen-bond acceptors (Lipinski definition) is 7. The van der Waals surface area contributed by atoms with Gasteiger partial charge in [-0.05, 0) is 78.5 Å². The van der Waals surface area contributed by atoms with E-state index in [1.165, 1.54) is 0 Å². The maximum atomic E-state index is 5.38. The Labute approximate surface area is 387 Å². The Hall–Kier alpha value is -4.56. The molecule has 0 amide bonds. The summed E-state index contributed by atoms with van der Waals surface area (Å²) in [5.74, 6) is 0. The molecule has 0 atom stereocenters. The smallest absolute Gasteiger partial charge is 0.260 e. The van der Waals surface area contributed by atoms with Gasteiger partial charge in [0.15, 0.2) is 37.2 Å². The topological polar surface area (TPSA) is 88.5 Å². The molecule has 8 bridgehead atoms. The zero-order valence-corrected chi connectivity index (χ0v) is 38.6. The van der Waals surface area contributed by atoms with Gasteiger partial charge in [-0.1, -0.05) is 12.1 Å². The van der Waals surface area contributed by atoms with Crippen molar-refractivity contribution in [3.8, 4) is 11.1 Å². The normalized spacial score (nSPS) is 15.2. The maximum Gasteiger partial charge on any atom is 0.260 e. The first-order chi connectivity index (χ1) is 26.4. The van der Waals surface area contributed by atoms with Crippen LogP contribution >= 0.6 is 12.2 Å². The number of hydrogen-bond donors (Lipinski definition) is 2. The van der Waals surface area contributed by atoms with Crippen LogP contribution in [0, 0.1) is 0 Å². The third-order valence-corrected chi connectivity index (χ3v) is 10.0. The predicted octanol–water partition coefficient (Wildman–Crippen LogP) is -1.54. The minimum absolute atomic E-state index is 0. The van der Waals surface area contributed by atoms with E-state index in [1.54, 1.807) is 0 Å². The molecule has 2 N–H and O–H groups in total. The molecular formula is C42H38I3N11S. The first-order valence-corrected chi connectivity index (χ1v) is 18.2. The number of fused-ring (bicyclic) bond motifs is 8. The second-order valence-electron chi connectivity index (χ2n) is 13.7. The molecule has 0 radical (unpaired) electrons. The molecule has 5 aliphatic heterocycles. The van der Waals surface area contributed by atoms with Crippen LogP contribution in [0.15, 0.2) is 90.7 Å². The molecule has 5 aliphatic rings. The predicted molar refractivity (Wildman–Crippen MR) is 222 cm³/mol. The van der Waals surface area contributed by atoms with Crippen molar-refractivity contribution in [2.75, 3.05) is 40.8 Å². The summed E-state index contributed by atoms with van der Waals surface area (Å²) in [7, 11) is 6.21. The average Bonchev–Trinajstić information content (AvgIpc) is 4.02. The largest absolute Gasteiger partial charge is 1.00 e. The minimum Gasteiger partial charge on any atom is -1.00 e. The highest BCUT2D eigenvalue weighted by molar-refractivity contribution is 7.78. The van der Waals surface area contributed by atoms with E-state index >= 15 is 0 Å². The Kier molecular flexibility index (Phi) is 13.2. The van der Waals surface area contributed by atoms with Gasteiger partial charge >= 0.3 is 0 Å². The summed E-state index contributed by atoms with van der Waals surface area (Å²) < 4.78 is 6.50. The Morgan fingerprint density at radius 1 is 0.561 bits per heavy atom. The lowest BCUT2D eigenvalue weighted by Gasteiger charge is -2.13. The van der Waals surface area contributed by atoms with E-state index in [4.69, 9.17) is 22.2 Å². The molecule has 4 aromatic rings. The lowest BCUT2D eigenvalue weighted by atomic mass is 10.0. The first kappa shape index (κ1) is 42.1. The van der Waals surface area contributed by atoms with Gasteiger partial charge in [-0.25, -0.2) is 9.97 Å². The summed E-state index contributed by atoms with van der Waals surface area (Å²) in [5, 5.41) is 2.48. The molecule has 0 fully saturated rings. The van der Waals surface area contributed by atoms with Gasteiger partial charge in [0.2, 0.25) is 0 Å². The molecular weight excluding hydrogens is 1070 g/mol. The van der Waals surface area contributed by atoms with Crippen molar-refractivity contribution < 1.29 is 85.7 Å². The number of rotatable bonds is 5. The SMILES string of the molecule is CN1C=C[N+](c2c3nc(c([N+]4=CCN(C)C=C4)c4ccc([nH]4)c([N+]4=CCN(C)C=C4)c4nc(c(-c5ccc(N=C=S)cc5)c5ccc2[nH]5)C=C4)C=C3)=CC1.[I-].[I-].[I-]. The van der Waals surface area contributed by atoms with Crippen LogP contribution in [-0.4, -0.2) is 113 Å². The van der Waals surface area contributed by atoms with Crippen molar-refractivity contribution in [1.82, 2.24) is 34.6 Å². The van der Waals surface area contributed by atoms with E-state index in [1.807, 2.05) is 12.1 Å². The number of isothiocyanates is 1. The van der Waals surface area contributed by atoms with Crippen LogP contribution in [0.25, 0.3) is 57.5 Å². The third-order valence-electron chi connectivity index (χ3n) is 9.92. The molecule has 57 heavy (non-hydrogen) atoms. The lowest BCUT2D eigenvalue weighted by molar-refractivity contribution is -0.359. The summed E-state index contributed by atoms with van der Waals surface area (Å²) in [6.45, 7) is 2.29. The van der Waals surface area contributed by atoms with Gasteiger partial charge in [-0.2, -0.15) is 18.7 Å². The fourth-order valence-electron chi connectivity index (χ4n) is 7.10. The highest BCUT2D eigenvalue weighted by Gasteiger charge is 2.27. The zero-order chi connectivity index (χ0) is 36.8. The number of nitrogens with zero attached hydrogens (tertiary/aromatic N) is 9. The van der Waals surface area contributed by atoms with Crippen molar-refractivity contribution in [2.24, 2.45) is 4.99 Å². The van der Waals surface area contributed by atoms with E-state index in [9.17, 15) is 0 Å². The van der Waals surface area contributed by atoms with Gasteiger partial charge in [0, 0.05) is 32.2 Å². The number of aromatic amines is 2. The summed E-state index contributed by atoms with van der Waals surface area (Å²) in [4.78, 5) is 29.0. The fourth-order valence-corrected chi connectivity index (χ4v) is 7.21. The summed E-state index contributed by atoms with van der Waals surface area (Å²) >= 11 is 4.88. The number of aromatic nitrogens is 4. The van der Waals surface area contributed by atoms with Crippen LogP contribution in [0.1, 0.15) is 22.8 Å². The van der Waals surface area contributed by atoms with Crippen LogP contribution < -0.4 is 71.9 Å². The average molecular weight is 1110 g/mol. The van der Waals surface area contributed by atoms with E-state index < -0.39 is 0 Å². The highest BCUT2D eigenvalue weighted by Crippen LogP contribution is 2.37. The first-order valence-electron chi connectivity index (χ1n) is 17.8. The lowest BCUT2D eigenvalue weighted by Crippen LogP contribution is -3.00. The molecule has 0 aliphatic carbocycles. The van der Waals surface area contributed by atoms with E-state index in [0.717, 1.165) is 98.4 Å². The fraction of sp³-hybridized carbons (Fsp3) is 0.143. The van der Waals surface area contributed by atoms with Crippen LogP contribution in [0.2, 0.25) is 0 Å². The number of aliphatic imine (C=N–C) groups is 1. The van der Waals surface area contributed by atoms with E-state index in [-0.39, 0.29) is 71.9 Å². The molecule has 1 aromatic carbocycles. The van der Waals surface area contributed by atoms with Crippen LogP contribution in [0.3, 0.4) is 0 Å². The van der Waals surface area contributed by atoms with Gasteiger partial charge in [-0.3, -0.25) is 0 Å². The molecule has 0 saturated heterocycles. The van der Waals surface area contributed by atoms with Crippen LogP contribution in [0.5, 0.6) is 0 Å². The van der Waals surface area contributed by atoms with Gasteiger partial charge < -0.3 is 96.6 Å². The van der Waals surface area contributed by atoms with E-state index in [2.05, 4.69) is 186 Å². The summed E-state index contributed by atoms with van der Waals surface area (Å²) in [5.41, 5.74) is 12.7. The number of halogens is 3. The molecule has 3 aromatic heterocycles. The molecule has 0 unspecified atom stereocenters. The van der Waals surface area contributed by atoms with E-state index in [0.29, 0.717) is 0 Å². The maximum absolute atomic E-state index is 5.38. The highest BCUT2D eigenvalue weighted by atomic mass is 127. The quantitative estimate of drug-likeness (QED) is 0.0945. The van der Waals surface area contributed by atoms with Crippen LogP contribution in [0.4, 0.5) is 22.7 Å². The van der Waals surface area contributed by atoms with Gasteiger partial charge in [0.25, 0.3) is 17.1 Å². The monoisotopic (exact) mass is 1110 g/mol. The molecule has 0 spiro atoms. The Morgan fingerprint density at radius 2 is 0.947 bits per heavy atom. The molecule has 288 valence electrons. The standard InChI is InChI=1S/C42H38N11S.3HI/c1-48-16-22-51(23-17-48)40-33-10-8-31(44-33)39(29-4-6-30(7-5-29)43-28-54)32-9-11-34(45-32)41(52-24-18-49(2)19-25-52)36-13-15-38(47-36)42(37-14-12-35(40)46-37)53-26-20-50(3)21-27-53;;;/h4-16,18,20,22-27,44,47H,17,19,21H2,1-3H3;3*1H/q+3;;;/p-3. The Bertz CT molecular complexity index is 2680. The zero-order valence-electron chi connectivity index (χ0n) is 31.3. The van der Waals surface area contributed by atoms with Crippen molar-refractivity contribution in [2.45, 2.75) is 0 Å². The van der Waals surface area contributed by atoms with Crippen LogP contribution in [-0.2, 0) is 0 Å². The minimum atomic E-state index is 0. The molecule has 0 saturated carbocycles. The Morgan fingerprint density at radius 3 is 1.35 bits per heavy atom. The van der Waals surface area contributed by atoms with Crippen molar-refractivity contribution in [3.63, 3.8) is 0 Å². The number of nitrogens with one attached hydrogen (secondary N) is 2. The van der Waals surface area contributed by atoms with Crippen molar-refractivity contribution >= 4 is 105 Å². The molecule has 15 heteroatoms. The molecule has 9 rings (SSSR count). The number of benzene rings is 1. The molecule has 8 heterocycles.